The lowest BCUT2D eigenvalue weighted by molar-refractivity contribution is -0.124. The number of hydrogen-bond acceptors (Lipinski definition) is 5. The molecule has 0 radical (unpaired) electrons. The van der Waals surface area contributed by atoms with Gasteiger partial charge < -0.3 is 9.84 Å². The Morgan fingerprint density at radius 3 is 2.38 bits per heavy atom. The second-order valence-corrected chi connectivity index (χ2v) is 10.3. The number of Topliss-reactive ketones (excluding diaryl/α,β-unsaturated/α-hetero) is 2. The molecule has 0 aromatic heterocycles. The van der Waals surface area contributed by atoms with E-state index >= 15 is 0 Å². The second kappa shape index (κ2) is 6.54. The van der Waals surface area contributed by atoms with Gasteiger partial charge in [0, 0.05) is 35.7 Å². The molecule has 1 fully saturated rings. The van der Waals surface area contributed by atoms with E-state index in [0.29, 0.717) is 24.2 Å². The van der Waals surface area contributed by atoms with Gasteiger partial charge in [-0.25, -0.2) is 0 Å². The van der Waals surface area contributed by atoms with Crippen LogP contribution in [0.15, 0.2) is 34.5 Å². The van der Waals surface area contributed by atoms with Gasteiger partial charge >= 0.3 is 0 Å². The van der Waals surface area contributed by atoms with Crippen molar-refractivity contribution in [2.75, 3.05) is 7.11 Å². The number of carbonyl (C=O) groups excluding carboxylic acids is 2. The highest BCUT2D eigenvalue weighted by atomic mass is 16.5. The molecule has 1 unspecified atom stereocenters. The molecule has 4 rings (SSSR count). The highest BCUT2D eigenvalue weighted by molar-refractivity contribution is 6.13. The minimum Gasteiger partial charge on any atom is -0.504 e. The fraction of sp³-hybridized carbons (Fsp3) is 0.542. The number of benzene rings is 1. The molecular formula is C24H29NO4. The molecule has 2 aliphatic carbocycles. The SMILES string of the molecule is COc1cc([C@@H]2C3=C(CC(C)(C)CC3=O)N=C3CC(C)(C)CC(=O)C32)ccc1O. The van der Waals surface area contributed by atoms with Gasteiger partial charge in [-0.1, -0.05) is 33.8 Å². The third-order valence-corrected chi connectivity index (χ3v) is 6.40. The summed E-state index contributed by atoms with van der Waals surface area (Å²) < 4.78 is 5.30. The zero-order chi connectivity index (χ0) is 21.1. The molecule has 1 heterocycles. The Kier molecular flexibility index (Phi) is 4.48. The number of phenols is 1. The lowest BCUT2D eigenvalue weighted by Gasteiger charge is -2.44. The third-order valence-electron chi connectivity index (χ3n) is 6.40. The summed E-state index contributed by atoms with van der Waals surface area (Å²) in [7, 11) is 1.50. The summed E-state index contributed by atoms with van der Waals surface area (Å²) in [5.41, 5.74) is 2.96. The lowest BCUT2D eigenvalue weighted by atomic mass is 9.60. The van der Waals surface area contributed by atoms with E-state index in [1.54, 1.807) is 18.2 Å². The maximum Gasteiger partial charge on any atom is 0.161 e. The first-order chi connectivity index (χ1) is 13.5. The fourth-order valence-corrected chi connectivity index (χ4v) is 5.26. The number of nitrogens with zero attached hydrogens (tertiary/aromatic N) is 1. The van der Waals surface area contributed by atoms with Crippen molar-refractivity contribution in [3.63, 3.8) is 0 Å². The molecule has 1 aliphatic heterocycles. The van der Waals surface area contributed by atoms with E-state index in [1.165, 1.54) is 7.11 Å². The lowest BCUT2D eigenvalue weighted by Crippen LogP contribution is -2.45. The predicted molar refractivity (Wildman–Crippen MR) is 111 cm³/mol. The van der Waals surface area contributed by atoms with Gasteiger partial charge in [-0.2, -0.15) is 0 Å². The topological polar surface area (TPSA) is 76.0 Å². The van der Waals surface area contributed by atoms with Crippen LogP contribution in [0.4, 0.5) is 0 Å². The first kappa shape index (κ1) is 19.9. The van der Waals surface area contributed by atoms with E-state index in [1.807, 2.05) is 0 Å². The number of methoxy groups -OCH3 is 1. The molecule has 1 N–H and O–H groups in total. The molecule has 5 nitrogen and oxygen atoms in total. The van der Waals surface area contributed by atoms with E-state index in [4.69, 9.17) is 9.73 Å². The van der Waals surface area contributed by atoms with Crippen molar-refractivity contribution >= 4 is 17.3 Å². The summed E-state index contributed by atoms with van der Waals surface area (Å²) in [6.45, 7) is 8.38. The number of ketones is 2. The van der Waals surface area contributed by atoms with Gasteiger partial charge in [0.05, 0.1) is 13.0 Å². The summed E-state index contributed by atoms with van der Waals surface area (Å²) >= 11 is 0. The minimum absolute atomic E-state index is 0.0439. The number of aliphatic imine (C=N–C) groups is 1. The molecule has 0 amide bonds. The number of aromatic hydroxyl groups is 1. The van der Waals surface area contributed by atoms with Crippen molar-refractivity contribution in [1.29, 1.82) is 0 Å². The molecule has 3 aliphatic rings. The van der Waals surface area contributed by atoms with Crippen LogP contribution in [0.1, 0.15) is 64.9 Å². The Morgan fingerprint density at radius 1 is 1.00 bits per heavy atom. The summed E-state index contributed by atoms with van der Waals surface area (Å²) in [5.74, 6) is -0.168. The zero-order valence-corrected chi connectivity index (χ0v) is 17.8. The smallest absolute Gasteiger partial charge is 0.161 e. The third kappa shape index (κ3) is 3.41. The number of rotatable bonds is 2. The molecule has 5 heteroatoms. The van der Waals surface area contributed by atoms with E-state index in [-0.39, 0.29) is 34.1 Å². The molecule has 29 heavy (non-hydrogen) atoms. The molecule has 0 bridgehead atoms. The molecule has 0 spiro atoms. The van der Waals surface area contributed by atoms with Gasteiger partial charge in [0.15, 0.2) is 17.3 Å². The minimum atomic E-state index is -0.416. The van der Waals surface area contributed by atoms with Crippen LogP contribution in [0.5, 0.6) is 11.5 Å². The van der Waals surface area contributed by atoms with Crippen molar-refractivity contribution in [2.45, 2.75) is 59.3 Å². The second-order valence-electron chi connectivity index (χ2n) is 10.3. The summed E-state index contributed by atoms with van der Waals surface area (Å²) in [5, 5.41) is 10.0. The van der Waals surface area contributed by atoms with Crippen LogP contribution in [0.2, 0.25) is 0 Å². The Bertz CT molecular complexity index is 967. The van der Waals surface area contributed by atoms with Gasteiger partial charge in [0.25, 0.3) is 0 Å². The van der Waals surface area contributed by atoms with Gasteiger partial charge in [0.2, 0.25) is 0 Å². The van der Waals surface area contributed by atoms with Gasteiger partial charge in [-0.05, 0) is 41.4 Å². The molecule has 0 saturated heterocycles. The number of phenolic OH excluding ortho intramolecular Hbond substituents is 1. The summed E-state index contributed by atoms with van der Waals surface area (Å²) in [6.07, 6.45) is 2.41. The van der Waals surface area contributed by atoms with Crippen molar-refractivity contribution in [3.05, 3.63) is 35.0 Å². The molecule has 2 atom stereocenters. The van der Waals surface area contributed by atoms with Crippen molar-refractivity contribution in [3.8, 4) is 11.5 Å². The molecular weight excluding hydrogens is 366 g/mol. The average molecular weight is 395 g/mol. The molecule has 1 saturated carbocycles. The van der Waals surface area contributed by atoms with Crippen molar-refractivity contribution in [1.82, 2.24) is 0 Å². The maximum absolute atomic E-state index is 13.3. The average Bonchev–Trinajstić information content (AvgIpc) is 2.58. The Morgan fingerprint density at radius 2 is 1.69 bits per heavy atom. The monoisotopic (exact) mass is 395 g/mol. The van der Waals surface area contributed by atoms with Crippen LogP contribution in [-0.2, 0) is 9.59 Å². The van der Waals surface area contributed by atoms with Gasteiger partial charge in [0.1, 0.15) is 5.78 Å². The Balaban J connectivity index is 1.92. The normalized spacial score (nSPS) is 27.8. The predicted octanol–water partition coefficient (Wildman–Crippen LogP) is 4.59. The number of hydrogen-bond donors (Lipinski definition) is 1. The Hall–Kier alpha value is -2.43. The Labute approximate surface area is 171 Å². The fourth-order valence-electron chi connectivity index (χ4n) is 5.26. The highest BCUT2D eigenvalue weighted by Crippen LogP contribution is 2.52. The molecule has 1 aromatic rings. The van der Waals surface area contributed by atoms with Gasteiger partial charge in [-0.15, -0.1) is 0 Å². The highest BCUT2D eigenvalue weighted by Gasteiger charge is 2.49. The van der Waals surface area contributed by atoms with Crippen LogP contribution in [0, 0.1) is 16.7 Å². The number of carbonyl (C=O) groups is 2. The number of ether oxygens (including phenoxy) is 1. The molecule has 154 valence electrons. The van der Waals surface area contributed by atoms with Crippen LogP contribution >= 0.6 is 0 Å². The van der Waals surface area contributed by atoms with Crippen LogP contribution in [-0.4, -0.2) is 29.5 Å². The first-order valence-electron chi connectivity index (χ1n) is 10.2. The van der Waals surface area contributed by atoms with Crippen LogP contribution in [0.3, 0.4) is 0 Å². The van der Waals surface area contributed by atoms with E-state index in [9.17, 15) is 14.7 Å². The number of allylic oxidation sites excluding steroid dienone is 2. The maximum atomic E-state index is 13.3. The van der Waals surface area contributed by atoms with E-state index in [0.717, 1.165) is 29.8 Å². The zero-order valence-electron chi connectivity index (χ0n) is 17.8. The van der Waals surface area contributed by atoms with E-state index < -0.39 is 5.92 Å². The van der Waals surface area contributed by atoms with Gasteiger partial charge in [-0.3, -0.25) is 14.6 Å². The standard InChI is InChI=1S/C24H29NO4/c1-23(2)9-14-21(17(27)11-23)20(13-6-7-16(26)19(8-13)29-5)22-15(25-14)10-24(3,4)12-18(22)28/h6-8,20-21,26H,9-12H2,1-5H3/t20-,21?/m0/s1. The van der Waals surface area contributed by atoms with Crippen LogP contribution in [0.25, 0.3) is 0 Å². The number of fused-ring (bicyclic) bond motifs is 1. The summed E-state index contributed by atoms with van der Waals surface area (Å²) in [6, 6.07) is 5.14. The summed E-state index contributed by atoms with van der Waals surface area (Å²) in [4.78, 5) is 31.4. The van der Waals surface area contributed by atoms with Crippen molar-refractivity contribution in [2.24, 2.45) is 21.7 Å². The largest absolute Gasteiger partial charge is 0.504 e. The first-order valence-corrected chi connectivity index (χ1v) is 10.2. The van der Waals surface area contributed by atoms with Crippen LogP contribution < -0.4 is 4.74 Å². The quantitative estimate of drug-likeness (QED) is 0.795. The molecule has 1 aromatic carbocycles. The van der Waals surface area contributed by atoms with E-state index in [2.05, 4.69) is 27.7 Å². The van der Waals surface area contributed by atoms with Crippen molar-refractivity contribution < 1.29 is 19.4 Å².